The Bertz CT molecular complexity index is 1020. The van der Waals surface area contributed by atoms with Crippen molar-refractivity contribution in [2.75, 3.05) is 57.4 Å². The van der Waals surface area contributed by atoms with E-state index in [1.54, 1.807) is 11.8 Å². The van der Waals surface area contributed by atoms with Crippen LogP contribution in [0.15, 0.2) is 71.6 Å². The van der Waals surface area contributed by atoms with Gasteiger partial charge in [-0.1, -0.05) is 42.5 Å². The summed E-state index contributed by atoms with van der Waals surface area (Å²) in [5.74, 6) is 1.04. The molecular weight excluding hydrogens is 406 g/mol. The molecule has 0 aliphatic carbocycles. The van der Waals surface area contributed by atoms with Crippen molar-refractivity contribution in [1.29, 1.82) is 0 Å². The molecule has 0 spiro atoms. The number of fused-ring (bicyclic) bond motifs is 1. The molecule has 1 amide bonds. The highest BCUT2D eigenvalue weighted by atomic mass is 32.2. The lowest BCUT2D eigenvalue weighted by atomic mass is 10.1. The van der Waals surface area contributed by atoms with E-state index in [0.717, 1.165) is 49.1 Å². The number of amides is 1. The lowest BCUT2D eigenvalue weighted by Gasteiger charge is -2.32. The zero-order chi connectivity index (χ0) is 21.5. The van der Waals surface area contributed by atoms with Crippen molar-refractivity contribution in [2.45, 2.75) is 4.90 Å². The zero-order valence-corrected chi connectivity index (χ0v) is 18.7. The molecule has 4 rings (SSSR count). The Morgan fingerprint density at radius 2 is 1.71 bits per heavy atom. The van der Waals surface area contributed by atoms with Gasteiger partial charge < -0.3 is 15.0 Å². The van der Waals surface area contributed by atoms with Crippen LogP contribution in [-0.4, -0.2) is 67.8 Å². The highest BCUT2D eigenvalue weighted by Gasteiger charge is 2.14. The molecule has 0 bridgehead atoms. The first-order valence-corrected chi connectivity index (χ1v) is 11.7. The SMILES string of the molecule is CN1CCN(CCOc2ccccc2NC(=O)CSc2ccc3ccccc3c2)CC1. The number of ether oxygens (including phenoxy) is 1. The summed E-state index contributed by atoms with van der Waals surface area (Å²) in [6.07, 6.45) is 0. The number of nitrogens with zero attached hydrogens (tertiary/aromatic N) is 2. The lowest BCUT2D eigenvalue weighted by molar-refractivity contribution is -0.113. The molecule has 3 aromatic rings. The van der Waals surface area contributed by atoms with Gasteiger partial charge in [0.15, 0.2) is 0 Å². The molecule has 31 heavy (non-hydrogen) atoms. The number of hydrogen-bond donors (Lipinski definition) is 1. The van der Waals surface area contributed by atoms with Crippen LogP contribution in [0, 0.1) is 0 Å². The van der Waals surface area contributed by atoms with Crippen LogP contribution in [0.1, 0.15) is 0 Å². The van der Waals surface area contributed by atoms with Gasteiger partial charge in [0, 0.05) is 37.6 Å². The number of benzene rings is 3. The molecule has 1 N–H and O–H groups in total. The van der Waals surface area contributed by atoms with Crippen molar-refractivity contribution in [1.82, 2.24) is 9.80 Å². The van der Waals surface area contributed by atoms with Crippen LogP contribution in [-0.2, 0) is 4.79 Å². The summed E-state index contributed by atoms with van der Waals surface area (Å²) >= 11 is 1.54. The van der Waals surface area contributed by atoms with Gasteiger partial charge in [0.1, 0.15) is 12.4 Å². The largest absolute Gasteiger partial charge is 0.490 e. The van der Waals surface area contributed by atoms with Gasteiger partial charge in [-0.25, -0.2) is 0 Å². The number of likely N-dealkylation sites (N-methyl/N-ethyl adjacent to an activating group) is 1. The lowest BCUT2D eigenvalue weighted by Crippen LogP contribution is -2.45. The maximum absolute atomic E-state index is 12.6. The summed E-state index contributed by atoms with van der Waals surface area (Å²) in [5.41, 5.74) is 0.727. The predicted octanol–water partition coefficient (Wildman–Crippen LogP) is 4.20. The van der Waals surface area contributed by atoms with Crippen molar-refractivity contribution >= 4 is 34.1 Å². The van der Waals surface area contributed by atoms with E-state index in [0.29, 0.717) is 12.4 Å². The average molecular weight is 436 g/mol. The van der Waals surface area contributed by atoms with Crippen LogP contribution in [0.3, 0.4) is 0 Å². The molecule has 1 saturated heterocycles. The monoisotopic (exact) mass is 435 g/mol. The van der Waals surface area contributed by atoms with Gasteiger partial charge in [0.25, 0.3) is 0 Å². The molecular formula is C25H29N3O2S. The Balaban J connectivity index is 1.27. The van der Waals surface area contributed by atoms with Crippen molar-refractivity contribution in [2.24, 2.45) is 0 Å². The normalized spacial score (nSPS) is 15.1. The summed E-state index contributed by atoms with van der Waals surface area (Å²) in [7, 11) is 2.16. The van der Waals surface area contributed by atoms with Gasteiger partial charge in [-0.05, 0) is 42.1 Å². The number of carbonyl (C=O) groups excluding carboxylic acids is 1. The molecule has 0 atom stereocenters. The maximum Gasteiger partial charge on any atom is 0.234 e. The number of carbonyl (C=O) groups is 1. The molecule has 1 aliphatic rings. The molecule has 0 radical (unpaired) electrons. The molecule has 5 nitrogen and oxygen atoms in total. The third kappa shape index (κ3) is 6.23. The van der Waals surface area contributed by atoms with E-state index in [4.69, 9.17) is 4.74 Å². The highest BCUT2D eigenvalue weighted by molar-refractivity contribution is 8.00. The molecule has 162 valence electrons. The molecule has 0 saturated carbocycles. The van der Waals surface area contributed by atoms with E-state index in [9.17, 15) is 4.79 Å². The third-order valence-corrected chi connectivity index (χ3v) is 6.51. The predicted molar refractivity (Wildman–Crippen MR) is 129 cm³/mol. The summed E-state index contributed by atoms with van der Waals surface area (Å²) in [6, 6.07) is 22.2. The maximum atomic E-state index is 12.6. The number of nitrogens with one attached hydrogen (secondary N) is 1. The second-order valence-electron chi connectivity index (χ2n) is 7.84. The minimum absolute atomic E-state index is 0.0340. The topological polar surface area (TPSA) is 44.8 Å². The molecule has 0 unspecified atom stereocenters. The van der Waals surface area contributed by atoms with Gasteiger partial charge in [0.2, 0.25) is 5.91 Å². The molecule has 1 aliphatic heterocycles. The minimum atomic E-state index is -0.0340. The first-order valence-electron chi connectivity index (χ1n) is 10.7. The van der Waals surface area contributed by atoms with Gasteiger partial charge in [-0.2, -0.15) is 0 Å². The van der Waals surface area contributed by atoms with E-state index in [1.165, 1.54) is 10.8 Å². The van der Waals surface area contributed by atoms with Crippen molar-refractivity contribution in [3.05, 3.63) is 66.7 Å². The van der Waals surface area contributed by atoms with Crippen molar-refractivity contribution in [3.63, 3.8) is 0 Å². The van der Waals surface area contributed by atoms with E-state index in [2.05, 4.69) is 52.5 Å². The number of rotatable bonds is 8. The highest BCUT2D eigenvalue weighted by Crippen LogP contribution is 2.26. The number of thioether (sulfide) groups is 1. The Morgan fingerprint density at radius 3 is 2.55 bits per heavy atom. The quantitative estimate of drug-likeness (QED) is 0.538. The molecule has 6 heteroatoms. The fourth-order valence-electron chi connectivity index (χ4n) is 3.64. The van der Waals surface area contributed by atoms with Gasteiger partial charge in [-0.15, -0.1) is 11.8 Å². The standard InChI is InChI=1S/C25H29N3O2S/c1-27-12-14-28(15-13-27)16-17-30-24-9-5-4-8-23(24)26-25(29)19-31-22-11-10-20-6-2-3-7-21(20)18-22/h2-11,18H,12-17,19H2,1H3,(H,26,29). The fourth-order valence-corrected chi connectivity index (χ4v) is 4.39. The number of hydrogen-bond acceptors (Lipinski definition) is 5. The minimum Gasteiger partial charge on any atom is -0.490 e. The zero-order valence-electron chi connectivity index (χ0n) is 17.9. The number of piperazine rings is 1. The van der Waals surface area contributed by atoms with Crippen molar-refractivity contribution in [3.8, 4) is 5.75 Å². The molecule has 3 aromatic carbocycles. The number of anilines is 1. The van der Waals surface area contributed by atoms with E-state index in [-0.39, 0.29) is 5.91 Å². The molecule has 0 aromatic heterocycles. The first-order chi connectivity index (χ1) is 15.2. The summed E-state index contributed by atoms with van der Waals surface area (Å²) in [5, 5.41) is 5.40. The second kappa shape index (κ2) is 10.7. The summed E-state index contributed by atoms with van der Waals surface area (Å²) < 4.78 is 6.00. The van der Waals surface area contributed by atoms with Gasteiger partial charge >= 0.3 is 0 Å². The average Bonchev–Trinajstić information content (AvgIpc) is 2.80. The number of para-hydroxylation sites is 2. The Labute approximate surface area is 188 Å². The summed E-state index contributed by atoms with van der Waals surface area (Å²) in [4.78, 5) is 18.4. The van der Waals surface area contributed by atoms with Crippen LogP contribution in [0.25, 0.3) is 10.8 Å². The Kier molecular flexibility index (Phi) is 7.46. The van der Waals surface area contributed by atoms with Gasteiger partial charge in [0.05, 0.1) is 11.4 Å². The van der Waals surface area contributed by atoms with E-state index in [1.807, 2.05) is 36.4 Å². The molecule has 1 fully saturated rings. The Morgan fingerprint density at radius 1 is 0.968 bits per heavy atom. The third-order valence-electron chi connectivity index (χ3n) is 5.51. The summed E-state index contributed by atoms with van der Waals surface area (Å²) in [6.45, 7) is 5.86. The molecule has 1 heterocycles. The van der Waals surface area contributed by atoms with Crippen LogP contribution in [0.2, 0.25) is 0 Å². The van der Waals surface area contributed by atoms with E-state index >= 15 is 0 Å². The first kappa shape index (κ1) is 21.7. The fraction of sp³-hybridized carbons (Fsp3) is 0.320. The smallest absolute Gasteiger partial charge is 0.234 e. The van der Waals surface area contributed by atoms with Crippen LogP contribution in [0.4, 0.5) is 5.69 Å². The van der Waals surface area contributed by atoms with Crippen LogP contribution in [0.5, 0.6) is 5.75 Å². The van der Waals surface area contributed by atoms with E-state index < -0.39 is 0 Å². The Hall–Kier alpha value is -2.54. The van der Waals surface area contributed by atoms with Crippen molar-refractivity contribution < 1.29 is 9.53 Å². The van der Waals surface area contributed by atoms with Gasteiger partial charge in [-0.3, -0.25) is 9.69 Å². The van der Waals surface area contributed by atoms with Crippen LogP contribution >= 0.6 is 11.8 Å². The second-order valence-corrected chi connectivity index (χ2v) is 8.88. The van der Waals surface area contributed by atoms with Crippen LogP contribution < -0.4 is 10.1 Å².